The summed E-state index contributed by atoms with van der Waals surface area (Å²) in [5, 5.41) is 0.574. The highest BCUT2D eigenvalue weighted by atomic mass is 16.6. The van der Waals surface area contributed by atoms with Crippen LogP contribution in [0.15, 0.2) is 78.9 Å². The fraction of sp³-hybridized carbons (Fsp3) is 0.233. The van der Waals surface area contributed by atoms with E-state index in [1.165, 1.54) is 4.57 Å². The number of fused-ring (bicyclic) bond motifs is 1. The maximum Gasteiger partial charge on any atom is 0.419 e. The molecule has 0 radical (unpaired) electrons. The van der Waals surface area contributed by atoms with Gasteiger partial charge in [0.2, 0.25) is 5.78 Å². The van der Waals surface area contributed by atoms with E-state index in [0.717, 1.165) is 0 Å². The van der Waals surface area contributed by atoms with Gasteiger partial charge in [-0.15, -0.1) is 0 Å². The number of para-hydroxylation sites is 1. The Hall–Kier alpha value is -4.59. The molecule has 0 aliphatic rings. The second-order valence-corrected chi connectivity index (χ2v) is 9.43. The fourth-order valence-electron chi connectivity index (χ4n) is 3.75. The Morgan fingerprint density at radius 2 is 1.47 bits per heavy atom. The molecule has 0 amide bonds. The van der Waals surface area contributed by atoms with Crippen molar-refractivity contribution in [2.24, 2.45) is 0 Å². The van der Waals surface area contributed by atoms with Gasteiger partial charge in [0.15, 0.2) is 6.61 Å². The molecule has 0 saturated heterocycles. The largest absolute Gasteiger partial charge is 0.482 e. The molecule has 4 aromatic rings. The smallest absolute Gasteiger partial charge is 0.419 e. The summed E-state index contributed by atoms with van der Waals surface area (Å²) in [5.41, 5.74) is 0.202. The summed E-state index contributed by atoms with van der Waals surface area (Å²) in [7, 11) is 0. The summed E-state index contributed by atoms with van der Waals surface area (Å²) in [4.78, 5) is 38.5. The highest BCUT2D eigenvalue weighted by Gasteiger charge is 2.26. The molecule has 0 saturated carbocycles. The van der Waals surface area contributed by atoms with Gasteiger partial charge in [0.05, 0.1) is 12.1 Å². The lowest BCUT2D eigenvalue weighted by Crippen LogP contribution is -2.28. The van der Waals surface area contributed by atoms with Gasteiger partial charge in [0.1, 0.15) is 28.5 Å². The average molecular weight is 516 g/mol. The molecule has 0 spiro atoms. The van der Waals surface area contributed by atoms with Crippen molar-refractivity contribution in [2.75, 3.05) is 13.2 Å². The van der Waals surface area contributed by atoms with Crippen LogP contribution in [-0.4, -0.2) is 41.2 Å². The van der Waals surface area contributed by atoms with Crippen molar-refractivity contribution in [3.05, 3.63) is 90.1 Å². The van der Waals surface area contributed by atoms with Gasteiger partial charge in [0, 0.05) is 10.9 Å². The number of nitrogens with zero attached hydrogens (tertiary/aromatic N) is 1. The summed E-state index contributed by atoms with van der Waals surface area (Å²) in [5.74, 6) is 0.788. The van der Waals surface area contributed by atoms with Gasteiger partial charge in [0.25, 0.3) is 0 Å². The van der Waals surface area contributed by atoms with Gasteiger partial charge in [-0.2, -0.15) is 0 Å². The lowest BCUT2D eigenvalue weighted by molar-refractivity contribution is -0.145. The van der Waals surface area contributed by atoms with Gasteiger partial charge >= 0.3 is 12.1 Å². The van der Waals surface area contributed by atoms with E-state index in [2.05, 4.69) is 0 Å². The first kappa shape index (κ1) is 26.5. The third-order valence-corrected chi connectivity index (χ3v) is 5.34. The van der Waals surface area contributed by atoms with Crippen LogP contribution in [0.1, 0.15) is 43.7 Å². The predicted octanol–water partition coefficient (Wildman–Crippen LogP) is 6.39. The minimum Gasteiger partial charge on any atom is -0.482 e. The Morgan fingerprint density at radius 1 is 0.816 bits per heavy atom. The van der Waals surface area contributed by atoms with Crippen molar-refractivity contribution in [1.29, 1.82) is 0 Å². The highest BCUT2D eigenvalue weighted by molar-refractivity contribution is 6.13. The number of aromatic nitrogens is 1. The van der Waals surface area contributed by atoms with Gasteiger partial charge in [-0.3, -0.25) is 4.79 Å². The summed E-state index contributed by atoms with van der Waals surface area (Å²) in [6.07, 6.45) is -0.680. The molecule has 1 heterocycles. The van der Waals surface area contributed by atoms with Crippen LogP contribution in [-0.2, 0) is 14.3 Å². The van der Waals surface area contributed by atoms with E-state index in [0.29, 0.717) is 33.7 Å². The molecule has 0 unspecified atom stereocenters. The maximum absolute atomic E-state index is 13.6. The van der Waals surface area contributed by atoms with Crippen molar-refractivity contribution in [3.8, 4) is 17.2 Å². The number of ether oxygens (including phenoxy) is 4. The first-order valence-corrected chi connectivity index (χ1v) is 12.2. The molecule has 0 bridgehead atoms. The van der Waals surface area contributed by atoms with Crippen molar-refractivity contribution < 1.29 is 33.3 Å². The average Bonchev–Trinajstić information content (AvgIpc) is 3.26. The van der Waals surface area contributed by atoms with Crippen molar-refractivity contribution in [2.45, 2.75) is 33.3 Å². The van der Waals surface area contributed by atoms with Gasteiger partial charge in [-0.05, 0) is 88.4 Å². The van der Waals surface area contributed by atoms with E-state index >= 15 is 0 Å². The van der Waals surface area contributed by atoms with Crippen LogP contribution in [0.4, 0.5) is 4.79 Å². The molecule has 8 heteroatoms. The molecule has 1 aromatic heterocycles. The molecule has 0 N–H and O–H groups in total. The summed E-state index contributed by atoms with van der Waals surface area (Å²) in [6.45, 7) is 6.98. The number of ketones is 1. The van der Waals surface area contributed by atoms with Crippen LogP contribution < -0.4 is 9.47 Å². The lowest BCUT2D eigenvalue weighted by Gasteiger charge is -2.20. The minimum atomic E-state index is -0.771. The molecule has 0 fully saturated rings. The van der Waals surface area contributed by atoms with Crippen molar-refractivity contribution in [1.82, 2.24) is 4.57 Å². The van der Waals surface area contributed by atoms with Gasteiger partial charge in [-0.25, -0.2) is 14.2 Å². The zero-order valence-electron chi connectivity index (χ0n) is 21.7. The minimum absolute atomic E-state index is 0.133. The second-order valence-electron chi connectivity index (χ2n) is 9.43. The van der Waals surface area contributed by atoms with Crippen LogP contribution in [0.2, 0.25) is 0 Å². The van der Waals surface area contributed by atoms with Crippen LogP contribution in [0.5, 0.6) is 17.2 Å². The van der Waals surface area contributed by atoms with E-state index in [1.54, 1.807) is 76.2 Å². The quantitative estimate of drug-likeness (QED) is 0.198. The number of rotatable bonds is 8. The molecule has 0 atom stereocenters. The zero-order valence-corrected chi connectivity index (χ0v) is 21.7. The first-order chi connectivity index (χ1) is 18.1. The Morgan fingerprint density at radius 3 is 2.13 bits per heavy atom. The van der Waals surface area contributed by atoms with Crippen molar-refractivity contribution in [3.63, 3.8) is 0 Å². The maximum atomic E-state index is 13.6. The molecular weight excluding hydrogens is 486 g/mol. The standard InChI is InChI=1S/C30H29NO7/c1-5-35-27(32)19-36-24-15-16-25-21(17-24)18-26(31(25)29(34)38-30(2,3)4)28(33)20-11-13-23(14-12-20)37-22-9-7-6-8-10-22/h6-18H,5,19H2,1-4H3. The normalized spacial score (nSPS) is 11.2. The Labute approximate surface area is 220 Å². The van der Waals surface area contributed by atoms with Crippen LogP contribution >= 0.6 is 0 Å². The van der Waals surface area contributed by atoms with Crippen LogP contribution in [0.25, 0.3) is 10.9 Å². The lowest BCUT2D eigenvalue weighted by atomic mass is 10.1. The van der Waals surface area contributed by atoms with Gasteiger partial charge in [-0.1, -0.05) is 18.2 Å². The summed E-state index contributed by atoms with van der Waals surface area (Å²) < 4.78 is 23.1. The molecule has 4 rings (SSSR count). The molecule has 196 valence electrons. The number of hydrogen-bond donors (Lipinski definition) is 0. The van der Waals surface area contributed by atoms with E-state index in [-0.39, 0.29) is 24.7 Å². The second kappa shape index (κ2) is 11.2. The number of carbonyl (C=O) groups is 3. The first-order valence-electron chi connectivity index (χ1n) is 12.2. The molecule has 0 aliphatic carbocycles. The van der Waals surface area contributed by atoms with E-state index < -0.39 is 17.7 Å². The van der Waals surface area contributed by atoms with E-state index in [9.17, 15) is 14.4 Å². The predicted molar refractivity (Wildman–Crippen MR) is 142 cm³/mol. The third kappa shape index (κ3) is 6.39. The number of carbonyl (C=O) groups excluding carboxylic acids is 3. The molecule has 3 aromatic carbocycles. The zero-order chi connectivity index (χ0) is 27.3. The number of hydrogen-bond acceptors (Lipinski definition) is 7. The fourth-order valence-corrected chi connectivity index (χ4v) is 3.75. The molecule has 8 nitrogen and oxygen atoms in total. The van der Waals surface area contributed by atoms with Crippen molar-refractivity contribution >= 4 is 28.7 Å². The Bertz CT molecular complexity index is 1450. The summed E-state index contributed by atoms with van der Waals surface area (Å²) in [6, 6.07) is 22.5. The topological polar surface area (TPSA) is 93.1 Å². The Kier molecular flexibility index (Phi) is 7.81. The number of esters is 1. The monoisotopic (exact) mass is 515 g/mol. The summed E-state index contributed by atoms with van der Waals surface area (Å²) >= 11 is 0. The number of benzene rings is 3. The van der Waals surface area contributed by atoms with Gasteiger partial charge < -0.3 is 18.9 Å². The van der Waals surface area contributed by atoms with Crippen LogP contribution in [0.3, 0.4) is 0 Å². The molecular formula is C30H29NO7. The van der Waals surface area contributed by atoms with E-state index in [1.807, 2.05) is 30.3 Å². The third-order valence-electron chi connectivity index (χ3n) is 5.34. The SMILES string of the molecule is CCOC(=O)COc1ccc2c(c1)cc(C(=O)c1ccc(Oc3ccccc3)cc1)n2C(=O)OC(C)(C)C. The van der Waals surface area contributed by atoms with Crippen LogP contribution in [0, 0.1) is 0 Å². The Balaban J connectivity index is 1.66. The van der Waals surface area contributed by atoms with E-state index in [4.69, 9.17) is 18.9 Å². The molecule has 38 heavy (non-hydrogen) atoms. The highest BCUT2D eigenvalue weighted by Crippen LogP contribution is 2.28. The molecule has 0 aliphatic heterocycles.